The Morgan fingerprint density at radius 2 is 2.00 bits per heavy atom. The fourth-order valence-corrected chi connectivity index (χ4v) is 4.71. The van der Waals surface area contributed by atoms with Crippen LogP contribution in [0.1, 0.15) is 31.4 Å². The zero-order valence-electron chi connectivity index (χ0n) is 15.0. The number of anilines is 1. The van der Waals surface area contributed by atoms with Crippen molar-refractivity contribution in [3.63, 3.8) is 0 Å². The summed E-state index contributed by atoms with van der Waals surface area (Å²) in [7, 11) is 0. The van der Waals surface area contributed by atoms with Crippen LogP contribution < -0.4 is 5.32 Å². The predicted molar refractivity (Wildman–Crippen MR) is 110 cm³/mol. The number of hydrogen-bond donors (Lipinski definition) is 1. The Kier molecular flexibility index (Phi) is 4.49. The number of aromatic nitrogens is 4. The van der Waals surface area contributed by atoms with E-state index in [-0.39, 0.29) is 11.8 Å². The van der Waals surface area contributed by atoms with Crippen LogP contribution in [0.4, 0.5) is 5.13 Å². The van der Waals surface area contributed by atoms with E-state index < -0.39 is 0 Å². The van der Waals surface area contributed by atoms with Crippen molar-refractivity contribution >= 4 is 51.0 Å². The average molecular weight is 422 g/mol. The molecule has 1 aliphatic heterocycles. The lowest BCUT2D eigenvalue weighted by Crippen LogP contribution is -2.35. The van der Waals surface area contributed by atoms with Gasteiger partial charge in [0, 0.05) is 29.6 Å². The zero-order valence-corrected chi connectivity index (χ0v) is 16.7. The molecular formula is C19H14N6O2S2. The van der Waals surface area contributed by atoms with Crippen molar-refractivity contribution in [1.82, 2.24) is 23.6 Å². The summed E-state index contributed by atoms with van der Waals surface area (Å²) in [5, 5.41) is 3.32. The molecule has 10 heteroatoms. The molecule has 4 heterocycles. The van der Waals surface area contributed by atoms with E-state index in [1.807, 2.05) is 6.07 Å². The summed E-state index contributed by atoms with van der Waals surface area (Å²) >= 11 is 2.53. The maximum absolute atomic E-state index is 12.9. The smallest absolute Gasteiger partial charge is 0.276 e. The Balaban J connectivity index is 1.32. The van der Waals surface area contributed by atoms with Gasteiger partial charge in [-0.05, 0) is 30.3 Å². The molecule has 0 saturated carbocycles. The van der Waals surface area contributed by atoms with Gasteiger partial charge in [0.1, 0.15) is 16.7 Å². The average Bonchev–Trinajstić information content (AvgIpc) is 3.38. The van der Waals surface area contributed by atoms with Crippen LogP contribution in [-0.4, -0.2) is 42.0 Å². The minimum atomic E-state index is -0.296. The molecule has 29 heavy (non-hydrogen) atoms. The van der Waals surface area contributed by atoms with Gasteiger partial charge in [-0.1, -0.05) is 17.4 Å². The highest BCUT2D eigenvalue weighted by molar-refractivity contribution is 7.15. The van der Waals surface area contributed by atoms with Gasteiger partial charge < -0.3 is 4.90 Å². The van der Waals surface area contributed by atoms with Crippen LogP contribution in [0.2, 0.25) is 0 Å². The van der Waals surface area contributed by atoms with Gasteiger partial charge in [-0.2, -0.15) is 8.75 Å². The lowest BCUT2D eigenvalue weighted by Gasteiger charge is -2.26. The number of pyridine rings is 1. The van der Waals surface area contributed by atoms with E-state index in [9.17, 15) is 9.59 Å². The highest BCUT2D eigenvalue weighted by Crippen LogP contribution is 2.29. The van der Waals surface area contributed by atoms with Crippen LogP contribution >= 0.6 is 23.1 Å². The van der Waals surface area contributed by atoms with Gasteiger partial charge in [-0.25, -0.2) is 4.98 Å². The Morgan fingerprint density at radius 3 is 2.86 bits per heavy atom. The number of carbonyl (C=O) groups excluding carboxylic acids is 2. The Hall–Kier alpha value is -3.24. The molecule has 0 unspecified atom stereocenters. The second kappa shape index (κ2) is 7.30. The first kappa shape index (κ1) is 17.8. The minimum absolute atomic E-state index is 0.0435. The first-order valence-corrected chi connectivity index (χ1v) is 10.4. The highest BCUT2D eigenvalue weighted by atomic mass is 32.1. The summed E-state index contributed by atoms with van der Waals surface area (Å²) in [6.07, 6.45) is 2.22. The summed E-state index contributed by atoms with van der Waals surface area (Å²) in [6.45, 7) is 1.05. The highest BCUT2D eigenvalue weighted by Gasteiger charge is 2.26. The van der Waals surface area contributed by atoms with Gasteiger partial charge in [0.25, 0.3) is 11.8 Å². The van der Waals surface area contributed by atoms with Crippen molar-refractivity contribution in [2.45, 2.75) is 13.0 Å². The largest absolute Gasteiger partial charge is 0.333 e. The van der Waals surface area contributed by atoms with E-state index in [1.54, 1.807) is 41.4 Å². The number of carbonyl (C=O) groups is 2. The van der Waals surface area contributed by atoms with Crippen molar-refractivity contribution in [2.75, 3.05) is 11.9 Å². The maximum Gasteiger partial charge on any atom is 0.276 e. The first-order valence-electron chi connectivity index (χ1n) is 8.90. The topological polar surface area (TPSA) is 101 Å². The van der Waals surface area contributed by atoms with Crippen molar-refractivity contribution in [3.8, 4) is 0 Å². The maximum atomic E-state index is 12.9. The lowest BCUT2D eigenvalue weighted by molar-refractivity contribution is 0.0736. The van der Waals surface area contributed by atoms with Crippen LogP contribution in [0.3, 0.4) is 0 Å². The van der Waals surface area contributed by atoms with Gasteiger partial charge in [-0.3, -0.25) is 19.9 Å². The standard InChI is InChI=1S/C19H14N6O2S2/c26-17(14-3-1-2-7-20-14)22-19-21-13-6-8-25(10-16(13)28-19)18(27)11-4-5-12-15(9-11)24-29-23-12/h1-5,7,9H,6,8,10H2,(H,21,22,26). The molecule has 0 spiro atoms. The number of benzene rings is 1. The quantitative estimate of drug-likeness (QED) is 0.545. The Morgan fingerprint density at radius 1 is 1.10 bits per heavy atom. The monoisotopic (exact) mass is 422 g/mol. The van der Waals surface area contributed by atoms with Crippen molar-refractivity contribution in [3.05, 3.63) is 64.4 Å². The fourth-order valence-electron chi connectivity index (χ4n) is 3.18. The van der Waals surface area contributed by atoms with Gasteiger partial charge in [0.05, 0.1) is 24.0 Å². The molecule has 144 valence electrons. The third-order valence-electron chi connectivity index (χ3n) is 4.64. The molecule has 0 radical (unpaired) electrons. The normalized spacial score (nSPS) is 13.3. The molecule has 2 amide bonds. The summed E-state index contributed by atoms with van der Waals surface area (Å²) in [4.78, 5) is 36.6. The lowest BCUT2D eigenvalue weighted by atomic mass is 10.1. The second-order valence-electron chi connectivity index (χ2n) is 6.50. The van der Waals surface area contributed by atoms with Crippen LogP contribution in [0.5, 0.6) is 0 Å². The summed E-state index contributed by atoms with van der Waals surface area (Å²) in [5.74, 6) is -0.340. The van der Waals surface area contributed by atoms with Crippen LogP contribution in [0, 0.1) is 0 Å². The third kappa shape index (κ3) is 3.47. The van der Waals surface area contributed by atoms with E-state index in [0.717, 1.165) is 33.3 Å². The number of rotatable bonds is 3. The van der Waals surface area contributed by atoms with Gasteiger partial charge >= 0.3 is 0 Å². The molecule has 4 aromatic rings. The molecule has 8 nitrogen and oxygen atoms in total. The predicted octanol–water partition coefficient (Wildman–Crippen LogP) is 2.99. The summed E-state index contributed by atoms with van der Waals surface area (Å²) in [6, 6.07) is 10.6. The van der Waals surface area contributed by atoms with Gasteiger partial charge in [0.15, 0.2) is 5.13 Å². The fraction of sp³-hybridized carbons (Fsp3) is 0.158. The molecule has 1 N–H and O–H groups in total. The van der Waals surface area contributed by atoms with Gasteiger partial charge in [-0.15, -0.1) is 0 Å². The number of fused-ring (bicyclic) bond motifs is 2. The van der Waals surface area contributed by atoms with Crippen molar-refractivity contribution in [1.29, 1.82) is 0 Å². The minimum Gasteiger partial charge on any atom is -0.333 e. The first-order chi connectivity index (χ1) is 14.2. The number of thiazole rings is 1. The van der Waals surface area contributed by atoms with Crippen LogP contribution in [0.15, 0.2) is 42.6 Å². The zero-order chi connectivity index (χ0) is 19.8. The summed E-state index contributed by atoms with van der Waals surface area (Å²) < 4.78 is 8.38. The van der Waals surface area contributed by atoms with Crippen LogP contribution in [0.25, 0.3) is 11.0 Å². The molecule has 0 aliphatic carbocycles. The van der Waals surface area contributed by atoms with Gasteiger partial charge in [0.2, 0.25) is 0 Å². The number of hydrogen-bond acceptors (Lipinski definition) is 8. The molecule has 5 rings (SSSR count). The third-order valence-corrected chi connectivity index (χ3v) is 6.19. The van der Waals surface area contributed by atoms with Crippen LogP contribution in [-0.2, 0) is 13.0 Å². The molecule has 3 aromatic heterocycles. The number of nitrogens with one attached hydrogen (secondary N) is 1. The SMILES string of the molecule is O=C(Nc1nc2c(s1)CN(C(=O)c1ccc3nsnc3c1)CC2)c1ccccn1. The summed E-state index contributed by atoms with van der Waals surface area (Å²) in [5.41, 5.74) is 3.39. The molecular weight excluding hydrogens is 408 g/mol. The number of amides is 2. The second-order valence-corrected chi connectivity index (χ2v) is 8.11. The molecule has 0 fully saturated rings. The van der Waals surface area contributed by atoms with E-state index in [2.05, 4.69) is 24.0 Å². The molecule has 1 aromatic carbocycles. The Labute approximate surface area is 173 Å². The Bertz CT molecular complexity index is 1220. The van der Waals surface area contributed by atoms with E-state index in [1.165, 1.54) is 11.3 Å². The van der Waals surface area contributed by atoms with E-state index in [0.29, 0.717) is 35.9 Å². The molecule has 1 aliphatic rings. The van der Waals surface area contributed by atoms with E-state index >= 15 is 0 Å². The number of nitrogens with zero attached hydrogens (tertiary/aromatic N) is 5. The van der Waals surface area contributed by atoms with E-state index in [4.69, 9.17) is 0 Å². The molecule has 0 saturated heterocycles. The molecule has 0 bridgehead atoms. The molecule has 0 atom stereocenters. The van der Waals surface area contributed by atoms with Crippen molar-refractivity contribution in [2.24, 2.45) is 0 Å². The van der Waals surface area contributed by atoms with Crippen molar-refractivity contribution < 1.29 is 9.59 Å².